The van der Waals surface area contributed by atoms with Crippen molar-refractivity contribution in [2.75, 3.05) is 19.7 Å². The molecule has 3 rings (SSSR count). The molecule has 1 atom stereocenters. The minimum absolute atomic E-state index is 0.0242. The van der Waals surface area contributed by atoms with Crippen LogP contribution in [0, 0.1) is 5.92 Å². The molecule has 2 aromatic rings. The Morgan fingerprint density at radius 1 is 1.32 bits per heavy atom. The molecule has 1 fully saturated rings. The van der Waals surface area contributed by atoms with E-state index in [1.807, 2.05) is 44.2 Å². The third-order valence-corrected chi connectivity index (χ3v) is 3.62. The number of hydrogen-bond acceptors (Lipinski definition) is 5. The number of carbonyl (C=O) groups excluding carboxylic acids is 1. The predicted octanol–water partition coefficient (Wildman–Crippen LogP) is 2.29. The Bertz CT molecular complexity index is 639. The molecular formula is C16H19N3O3. The van der Waals surface area contributed by atoms with Gasteiger partial charge in [0.1, 0.15) is 6.10 Å². The van der Waals surface area contributed by atoms with Crippen molar-refractivity contribution in [2.24, 2.45) is 5.92 Å². The minimum atomic E-state index is -0.335. The molecule has 0 spiro atoms. The number of amides is 1. The van der Waals surface area contributed by atoms with Crippen molar-refractivity contribution in [3.63, 3.8) is 0 Å². The third kappa shape index (κ3) is 3.01. The second kappa shape index (κ2) is 6.27. The smallest absolute Gasteiger partial charge is 0.258 e. The molecule has 116 valence electrons. The second-order valence-electron chi connectivity index (χ2n) is 5.62. The lowest BCUT2D eigenvalue weighted by Gasteiger charge is -2.32. The predicted molar refractivity (Wildman–Crippen MR) is 79.8 cm³/mol. The third-order valence-electron chi connectivity index (χ3n) is 3.62. The molecule has 6 heteroatoms. The SMILES string of the molecule is CC(C)C(=O)N1CCO[C@@H](c2noc(-c3ccccc3)n2)C1. The van der Waals surface area contributed by atoms with Crippen molar-refractivity contribution in [1.82, 2.24) is 15.0 Å². The summed E-state index contributed by atoms with van der Waals surface area (Å²) in [4.78, 5) is 18.3. The summed E-state index contributed by atoms with van der Waals surface area (Å²) < 4.78 is 11.0. The summed E-state index contributed by atoms with van der Waals surface area (Å²) in [5.74, 6) is 1.05. The van der Waals surface area contributed by atoms with E-state index in [0.29, 0.717) is 31.4 Å². The van der Waals surface area contributed by atoms with Crippen molar-refractivity contribution >= 4 is 5.91 Å². The molecular weight excluding hydrogens is 282 g/mol. The highest BCUT2D eigenvalue weighted by Crippen LogP contribution is 2.24. The van der Waals surface area contributed by atoms with Gasteiger partial charge in [0.25, 0.3) is 5.89 Å². The van der Waals surface area contributed by atoms with Crippen LogP contribution in [-0.4, -0.2) is 40.6 Å². The lowest BCUT2D eigenvalue weighted by molar-refractivity contribution is -0.142. The molecule has 1 aromatic heterocycles. The van der Waals surface area contributed by atoms with Crippen LogP contribution in [0.1, 0.15) is 25.8 Å². The zero-order valence-corrected chi connectivity index (χ0v) is 12.7. The largest absolute Gasteiger partial charge is 0.366 e. The van der Waals surface area contributed by atoms with Gasteiger partial charge in [0.2, 0.25) is 11.7 Å². The van der Waals surface area contributed by atoms with Gasteiger partial charge >= 0.3 is 0 Å². The van der Waals surface area contributed by atoms with Gasteiger partial charge in [-0.2, -0.15) is 4.98 Å². The Morgan fingerprint density at radius 3 is 2.82 bits per heavy atom. The van der Waals surface area contributed by atoms with E-state index in [4.69, 9.17) is 9.26 Å². The summed E-state index contributed by atoms with van der Waals surface area (Å²) in [6.45, 7) is 5.35. The summed E-state index contributed by atoms with van der Waals surface area (Å²) in [5.41, 5.74) is 0.868. The van der Waals surface area contributed by atoms with E-state index in [-0.39, 0.29) is 17.9 Å². The standard InChI is InChI=1S/C16H19N3O3/c1-11(2)16(20)19-8-9-21-13(10-19)14-17-15(22-18-14)12-6-4-3-5-7-12/h3-7,11,13H,8-10H2,1-2H3/t13-/m1/s1. The van der Waals surface area contributed by atoms with Gasteiger partial charge in [-0.1, -0.05) is 37.2 Å². The molecule has 22 heavy (non-hydrogen) atoms. The van der Waals surface area contributed by atoms with Crippen molar-refractivity contribution in [1.29, 1.82) is 0 Å². The van der Waals surface area contributed by atoms with Gasteiger partial charge in [0.05, 0.1) is 13.2 Å². The first-order chi connectivity index (χ1) is 10.6. The topological polar surface area (TPSA) is 68.5 Å². The molecule has 2 heterocycles. The quantitative estimate of drug-likeness (QED) is 0.870. The zero-order valence-electron chi connectivity index (χ0n) is 12.7. The Labute approximate surface area is 129 Å². The molecule has 0 bridgehead atoms. The maximum absolute atomic E-state index is 12.1. The van der Waals surface area contributed by atoms with Crippen molar-refractivity contribution in [3.8, 4) is 11.5 Å². The van der Waals surface area contributed by atoms with Crippen LogP contribution in [0.15, 0.2) is 34.9 Å². The van der Waals surface area contributed by atoms with Gasteiger partial charge in [-0.25, -0.2) is 0 Å². The Balaban J connectivity index is 1.74. The van der Waals surface area contributed by atoms with Gasteiger partial charge in [-0.15, -0.1) is 0 Å². The fourth-order valence-corrected chi connectivity index (χ4v) is 2.43. The highest BCUT2D eigenvalue weighted by molar-refractivity contribution is 5.78. The zero-order chi connectivity index (χ0) is 15.5. The molecule has 0 N–H and O–H groups in total. The first kappa shape index (κ1) is 14.7. The van der Waals surface area contributed by atoms with E-state index in [1.54, 1.807) is 4.90 Å². The van der Waals surface area contributed by atoms with Crippen LogP contribution in [0.4, 0.5) is 0 Å². The summed E-state index contributed by atoms with van der Waals surface area (Å²) in [7, 11) is 0. The highest BCUT2D eigenvalue weighted by atomic mass is 16.5. The van der Waals surface area contributed by atoms with Gasteiger partial charge in [-0.3, -0.25) is 4.79 Å². The number of nitrogens with zero attached hydrogens (tertiary/aromatic N) is 3. The fraction of sp³-hybridized carbons (Fsp3) is 0.438. The monoisotopic (exact) mass is 301 g/mol. The molecule has 0 radical (unpaired) electrons. The maximum Gasteiger partial charge on any atom is 0.258 e. The van der Waals surface area contributed by atoms with Crippen LogP contribution >= 0.6 is 0 Å². The van der Waals surface area contributed by atoms with E-state index < -0.39 is 0 Å². The number of ether oxygens (including phenoxy) is 1. The molecule has 1 aliphatic rings. The number of morpholine rings is 1. The average molecular weight is 301 g/mol. The molecule has 1 saturated heterocycles. The maximum atomic E-state index is 12.1. The molecule has 1 aromatic carbocycles. The van der Waals surface area contributed by atoms with Gasteiger partial charge in [-0.05, 0) is 12.1 Å². The Morgan fingerprint density at radius 2 is 2.09 bits per heavy atom. The van der Waals surface area contributed by atoms with Crippen LogP contribution in [0.2, 0.25) is 0 Å². The molecule has 1 aliphatic heterocycles. The lowest BCUT2D eigenvalue weighted by Crippen LogP contribution is -2.44. The number of aromatic nitrogens is 2. The number of rotatable bonds is 3. The van der Waals surface area contributed by atoms with Crippen molar-refractivity contribution in [2.45, 2.75) is 20.0 Å². The van der Waals surface area contributed by atoms with Crippen LogP contribution in [0.3, 0.4) is 0 Å². The van der Waals surface area contributed by atoms with E-state index in [0.717, 1.165) is 5.56 Å². The summed E-state index contributed by atoms with van der Waals surface area (Å²) >= 11 is 0. The number of hydrogen-bond donors (Lipinski definition) is 0. The van der Waals surface area contributed by atoms with E-state index >= 15 is 0 Å². The fourth-order valence-electron chi connectivity index (χ4n) is 2.43. The van der Waals surface area contributed by atoms with Gasteiger partial charge in [0, 0.05) is 18.0 Å². The average Bonchev–Trinajstić information content (AvgIpc) is 3.05. The lowest BCUT2D eigenvalue weighted by atomic mass is 10.1. The van der Waals surface area contributed by atoms with Crippen molar-refractivity contribution < 1.29 is 14.1 Å². The van der Waals surface area contributed by atoms with Crippen molar-refractivity contribution in [3.05, 3.63) is 36.2 Å². The summed E-state index contributed by atoms with van der Waals surface area (Å²) in [6.07, 6.45) is -0.335. The molecule has 6 nitrogen and oxygen atoms in total. The Kier molecular flexibility index (Phi) is 4.20. The normalized spacial score (nSPS) is 18.7. The van der Waals surface area contributed by atoms with Crippen LogP contribution in [-0.2, 0) is 9.53 Å². The number of benzene rings is 1. The van der Waals surface area contributed by atoms with Gasteiger partial charge in [0.15, 0.2) is 0 Å². The summed E-state index contributed by atoms with van der Waals surface area (Å²) in [5, 5.41) is 4.01. The first-order valence-corrected chi connectivity index (χ1v) is 7.44. The summed E-state index contributed by atoms with van der Waals surface area (Å²) in [6, 6.07) is 9.58. The van der Waals surface area contributed by atoms with E-state index in [9.17, 15) is 4.79 Å². The highest BCUT2D eigenvalue weighted by Gasteiger charge is 2.29. The van der Waals surface area contributed by atoms with E-state index in [1.165, 1.54) is 0 Å². The second-order valence-corrected chi connectivity index (χ2v) is 5.62. The van der Waals surface area contributed by atoms with Crippen LogP contribution in [0.25, 0.3) is 11.5 Å². The minimum Gasteiger partial charge on any atom is -0.366 e. The molecule has 0 saturated carbocycles. The van der Waals surface area contributed by atoms with E-state index in [2.05, 4.69) is 10.1 Å². The van der Waals surface area contributed by atoms with Gasteiger partial charge < -0.3 is 14.2 Å². The Hall–Kier alpha value is -2.21. The van der Waals surface area contributed by atoms with Crippen LogP contribution < -0.4 is 0 Å². The first-order valence-electron chi connectivity index (χ1n) is 7.44. The number of carbonyl (C=O) groups is 1. The molecule has 1 amide bonds. The van der Waals surface area contributed by atoms with Crippen LogP contribution in [0.5, 0.6) is 0 Å². The molecule has 0 aliphatic carbocycles. The molecule has 0 unspecified atom stereocenters.